The molecule has 2 unspecified atom stereocenters. The zero-order valence-corrected chi connectivity index (χ0v) is 18.1. The lowest BCUT2D eigenvalue weighted by molar-refractivity contribution is -0.155. The minimum absolute atomic E-state index is 0.136. The minimum atomic E-state index is -4.72. The number of rotatable bonds is 7. The average molecular weight is 486 g/mol. The van der Waals surface area contributed by atoms with Crippen molar-refractivity contribution in [1.29, 1.82) is 0 Å². The van der Waals surface area contributed by atoms with E-state index >= 15 is 0 Å². The maximum atomic E-state index is 13.1. The third-order valence-electron chi connectivity index (χ3n) is 5.51. The highest BCUT2D eigenvalue weighted by Crippen LogP contribution is 2.60. The Morgan fingerprint density at radius 3 is 2.50 bits per heavy atom. The standard InChI is InChI=1S/C20H17F3N2O5S2/c1-2-12-17(11-6-4-3-5-7-11)19(12,18(26)27)25-32(28,29)16-9-8-14(31-16)13-10-15(30-24-13)20(21,22)23/h3-10,12,17,25H,2H2,1H3,(H,26,27)/t12?,17?,19-/m0/s1. The number of alkyl halides is 3. The molecule has 1 aromatic carbocycles. The molecule has 4 rings (SSSR count). The van der Waals surface area contributed by atoms with Crippen LogP contribution in [-0.4, -0.2) is 30.2 Å². The first-order chi connectivity index (χ1) is 15.0. The summed E-state index contributed by atoms with van der Waals surface area (Å²) in [4.78, 5) is 12.4. The second kappa shape index (κ2) is 7.71. The lowest BCUT2D eigenvalue weighted by atomic mass is 10.1. The largest absolute Gasteiger partial charge is 0.480 e. The summed E-state index contributed by atoms with van der Waals surface area (Å²) in [6.07, 6.45) is -4.29. The lowest BCUT2D eigenvalue weighted by Gasteiger charge is -2.15. The monoisotopic (exact) mass is 486 g/mol. The molecule has 7 nitrogen and oxygen atoms in total. The molecule has 3 atom stereocenters. The van der Waals surface area contributed by atoms with Crippen molar-refractivity contribution in [2.45, 2.75) is 35.2 Å². The molecule has 0 saturated heterocycles. The molecule has 2 N–H and O–H groups in total. The predicted octanol–water partition coefficient (Wildman–Crippen LogP) is 4.35. The zero-order chi connectivity index (χ0) is 23.3. The van der Waals surface area contributed by atoms with Crippen LogP contribution in [0.1, 0.15) is 30.6 Å². The van der Waals surface area contributed by atoms with Gasteiger partial charge in [-0.05, 0) is 23.6 Å². The van der Waals surface area contributed by atoms with Gasteiger partial charge in [-0.15, -0.1) is 11.3 Å². The first kappa shape index (κ1) is 22.5. The second-order valence-corrected chi connectivity index (χ2v) is 10.4. The van der Waals surface area contributed by atoms with Crippen molar-refractivity contribution in [3.8, 4) is 10.6 Å². The summed E-state index contributed by atoms with van der Waals surface area (Å²) in [7, 11) is -4.29. The van der Waals surface area contributed by atoms with E-state index in [1.165, 1.54) is 12.1 Å². The Labute approximate surface area is 184 Å². The smallest absolute Gasteiger partial charge is 0.452 e. The molecule has 2 heterocycles. The first-order valence-electron chi connectivity index (χ1n) is 9.47. The highest BCUT2D eigenvalue weighted by atomic mass is 32.2. The summed E-state index contributed by atoms with van der Waals surface area (Å²) >= 11 is 0.670. The number of hydrogen-bond donors (Lipinski definition) is 2. The number of sulfonamides is 1. The second-order valence-electron chi connectivity index (χ2n) is 7.38. The van der Waals surface area contributed by atoms with Crippen LogP contribution in [0.15, 0.2) is 57.3 Å². The quantitative estimate of drug-likeness (QED) is 0.514. The van der Waals surface area contributed by atoms with E-state index in [2.05, 4.69) is 14.4 Å². The van der Waals surface area contributed by atoms with Crippen molar-refractivity contribution in [3.05, 3.63) is 59.9 Å². The molecular weight excluding hydrogens is 469 g/mol. The van der Waals surface area contributed by atoms with E-state index in [0.717, 1.165) is 0 Å². The van der Waals surface area contributed by atoms with Crippen molar-refractivity contribution >= 4 is 27.3 Å². The van der Waals surface area contributed by atoms with Gasteiger partial charge in [-0.25, -0.2) is 8.42 Å². The maximum Gasteiger partial charge on any atom is 0.452 e. The summed E-state index contributed by atoms with van der Waals surface area (Å²) in [5.74, 6) is -3.60. The molecule has 32 heavy (non-hydrogen) atoms. The normalized spacial score (nSPS) is 23.2. The average Bonchev–Trinajstić information content (AvgIpc) is 3.13. The highest BCUT2D eigenvalue weighted by Gasteiger charge is 2.71. The Morgan fingerprint density at radius 2 is 1.94 bits per heavy atom. The van der Waals surface area contributed by atoms with E-state index in [-0.39, 0.29) is 14.8 Å². The van der Waals surface area contributed by atoms with Gasteiger partial charge in [-0.2, -0.15) is 17.9 Å². The number of thiophene rings is 1. The van der Waals surface area contributed by atoms with Crippen molar-refractivity contribution < 1.29 is 36.0 Å². The van der Waals surface area contributed by atoms with Gasteiger partial charge in [-0.3, -0.25) is 4.79 Å². The Hall–Kier alpha value is -2.70. The zero-order valence-electron chi connectivity index (χ0n) is 16.5. The van der Waals surface area contributed by atoms with Gasteiger partial charge in [-0.1, -0.05) is 48.8 Å². The number of aromatic nitrogens is 1. The van der Waals surface area contributed by atoms with Gasteiger partial charge < -0.3 is 9.63 Å². The summed E-state index contributed by atoms with van der Waals surface area (Å²) in [6.45, 7) is 1.78. The molecule has 0 amide bonds. The number of nitrogens with one attached hydrogen (secondary N) is 1. The molecule has 0 radical (unpaired) electrons. The third kappa shape index (κ3) is 3.71. The van der Waals surface area contributed by atoms with Gasteiger partial charge in [0.15, 0.2) is 0 Å². The molecule has 0 aliphatic heterocycles. The molecule has 1 aliphatic carbocycles. The summed E-state index contributed by atoms with van der Waals surface area (Å²) in [6, 6.07) is 11.9. The maximum absolute atomic E-state index is 13.1. The molecule has 1 saturated carbocycles. The van der Waals surface area contributed by atoms with Gasteiger partial charge in [0.2, 0.25) is 5.76 Å². The third-order valence-corrected chi connectivity index (χ3v) is 8.60. The van der Waals surface area contributed by atoms with Crippen LogP contribution in [0.25, 0.3) is 10.6 Å². The molecule has 12 heteroatoms. The van der Waals surface area contributed by atoms with Gasteiger partial charge in [0.05, 0.1) is 4.88 Å². The number of hydrogen-bond acceptors (Lipinski definition) is 6. The van der Waals surface area contributed by atoms with Crippen molar-refractivity contribution in [2.24, 2.45) is 5.92 Å². The fourth-order valence-corrected chi connectivity index (χ4v) is 6.73. The van der Waals surface area contributed by atoms with Crippen LogP contribution in [0, 0.1) is 5.92 Å². The topological polar surface area (TPSA) is 110 Å². The fourth-order valence-electron chi connectivity index (χ4n) is 4.05. The number of carboxylic acid groups (broad SMARTS) is 1. The highest BCUT2D eigenvalue weighted by molar-refractivity contribution is 7.91. The number of halogens is 3. The number of aliphatic carboxylic acids is 1. The van der Waals surface area contributed by atoms with Gasteiger partial charge in [0, 0.05) is 12.0 Å². The summed E-state index contributed by atoms with van der Waals surface area (Å²) < 4.78 is 70.7. The Morgan fingerprint density at radius 1 is 1.25 bits per heavy atom. The van der Waals surface area contributed by atoms with Gasteiger partial charge in [0.25, 0.3) is 10.0 Å². The van der Waals surface area contributed by atoms with Crippen molar-refractivity contribution in [3.63, 3.8) is 0 Å². The summed E-state index contributed by atoms with van der Waals surface area (Å²) in [5, 5.41) is 13.3. The molecule has 0 bridgehead atoms. The minimum Gasteiger partial charge on any atom is -0.480 e. The van der Waals surface area contributed by atoms with Crippen molar-refractivity contribution in [1.82, 2.24) is 9.88 Å². The number of carbonyl (C=O) groups is 1. The summed E-state index contributed by atoms with van der Waals surface area (Å²) in [5.41, 5.74) is -1.17. The Bertz CT molecular complexity index is 1250. The molecule has 170 valence electrons. The van der Waals surface area contributed by atoms with Crippen LogP contribution < -0.4 is 4.72 Å². The molecule has 3 aromatic rings. The molecule has 1 aliphatic rings. The Kier molecular flexibility index (Phi) is 5.42. The van der Waals surface area contributed by atoms with E-state index in [1.807, 2.05) is 0 Å². The molecular formula is C20H17F3N2O5S2. The van der Waals surface area contributed by atoms with Crippen molar-refractivity contribution in [2.75, 3.05) is 0 Å². The van der Waals surface area contributed by atoms with E-state index < -0.39 is 45.3 Å². The Balaban J connectivity index is 1.64. The van der Waals surface area contributed by atoms with E-state index in [1.54, 1.807) is 37.3 Å². The van der Waals surface area contributed by atoms with E-state index in [9.17, 15) is 31.5 Å². The predicted molar refractivity (Wildman–Crippen MR) is 108 cm³/mol. The SMILES string of the molecule is CCC1C(c2ccccc2)[C@]1(NS(=O)(=O)c1ccc(-c2cc(C(F)(F)F)on2)s1)C(=O)O. The number of benzene rings is 1. The lowest BCUT2D eigenvalue weighted by Crippen LogP contribution is -2.45. The van der Waals surface area contributed by atoms with Gasteiger partial charge in [0.1, 0.15) is 15.4 Å². The molecule has 1 fully saturated rings. The number of carboxylic acids is 1. The molecule has 2 aromatic heterocycles. The van der Waals surface area contributed by atoms with Crippen LogP contribution in [0.5, 0.6) is 0 Å². The van der Waals surface area contributed by atoms with Gasteiger partial charge >= 0.3 is 12.1 Å². The van der Waals surface area contributed by atoms with E-state index in [4.69, 9.17) is 0 Å². The fraction of sp³-hybridized carbons (Fsp3) is 0.300. The van der Waals surface area contributed by atoms with Crippen LogP contribution in [0.3, 0.4) is 0 Å². The molecule has 0 spiro atoms. The van der Waals surface area contributed by atoms with Crippen LogP contribution in [0.2, 0.25) is 0 Å². The van der Waals surface area contributed by atoms with Crippen LogP contribution in [0.4, 0.5) is 13.2 Å². The van der Waals surface area contributed by atoms with Crippen LogP contribution in [-0.2, 0) is 21.0 Å². The number of nitrogens with zero attached hydrogens (tertiary/aromatic N) is 1. The van der Waals surface area contributed by atoms with Crippen LogP contribution >= 0.6 is 11.3 Å². The van der Waals surface area contributed by atoms with E-state index in [0.29, 0.717) is 29.4 Å². The first-order valence-corrected chi connectivity index (χ1v) is 11.8.